The lowest BCUT2D eigenvalue weighted by Gasteiger charge is -2.35. The summed E-state index contributed by atoms with van der Waals surface area (Å²) in [6.45, 7) is 3.35. The molecule has 1 fully saturated rings. The summed E-state index contributed by atoms with van der Waals surface area (Å²) in [5.41, 5.74) is 1.26. The summed E-state index contributed by atoms with van der Waals surface area (Å²) in [7, 11) is 1.20. The Morgan fingerprint density at radius 2 is 1.96 bits per heavy atom. The van der Waals surface area contributed by atoms with Gasteiger partial charge in [-0.15, -0.1) is 0 Å². The van der Waals surface area contributed by atoms with Gasteiger partial charge in [0.15, 0.2) is 0 Å². The van der Waals surface area contributed by atoms with Crippen LogP contribution < -0.4 is 4.90 Å². The number of hydrogen-bond acceptors (Lipinski definition) is 7. The van der Waals surface area contributed by atoms with Crippen LogP contribution in [0, 0.1) is 10.1 Å². The second-order valence-electron chi connectivity index (χ2n) is 6.32. The van der Waals surface area contributed by atoms with E-state index in [2.05, 4.69) is 14.6 Å². The van der Waals surface area contributed by atoms with Gasteiger partial charge in [-0.05, 0) is 17.7 Å². The van der Waals surface area contributed by atoms with Crippen molar-refractivity contribution in [1.82, 2.24) is 9.88 Å². The van der Waals surface area contributed by atoms with Crippen LogP contribution in [0.1, 0.15) is 15.9 Å². The summed E-state index contributed by atoms with van der Waals surface area (Å²) in [6.07, 6.45) is 1.74. The van der Waals surface area contributed by atoms with Gasteiger partial charge in [0.1, 0.15) is 10.8 Å². The predicted octanol–water partition coefficient (Wildman–Crippen LogP) is 3.41. The van der Waals surface area contributed by atoms with E-state index < -0.39 is 10.9 Å². The molecule has 1 aliphatic heterocycles. The maximum Gasteiger partial charge on any atom is 0.339 e. The first-order valence-corrected chi connectivity index (χ1v) is 9.28. The van der Waals surface area contributed by atoms with E-state index in [9.17, 15) is 14.9 Å². The molecule has 1 aromatic carbocycles. The van der Waals surface area contributed by atoms with Crippen LogP contribution in [0.3, 0.4) is 0 Å². The van der Waals surface area contributed by atoms with Crippen molar-refractivity contribution >= 4 is 40.5 Å². The van der Waals surface area contributed by atoms with Crippen molar-refractivity contribution in [3.8, 4) is 0 Å². The van der Waals surface area contributed by atoms with Crippen molar-refractivity contribution in [2.75, 3.05) is 38.2 Å². The fourth-order valence-corrected chi connectivity index (χ4v) is 3.47. The van der Waals surface area contributed by atoms with Gasteiger partial charge in [0.05, 0.1) is 22.6 Å². The van der Waals surface area contributed by atoms with Gasteiger partial charge in [0.2, 0.25) is 0 Å². The second kappa shape index (κ2) is 8.72. The second-order valence-corrected chi connectivity index (χ2v) is 7.12. The van der Waals surface area contributed by atoms with E-state index in [4.69, 9.17) is 23.2 Å². The lowest BCUT2D eigenvalue weighted by molar-refractivity contribution is -0.384. The van der Waals surface area contributed by atoms with Gasteiger partial charge in [-0.3, -0.25) is 15.0 Å². The van der Waals surface area contributed by atoms with Gasteiger partial charge in [0.25, 0.3) is 5.69 Å². The molecule has 1 aromatic heterocycles. The molecule has 1 aliphatic rings. The third kappa shape index (κ3) is 4.52. The molecule has 0 saturated carbocycles. The highest BCUT2D eigenvalue weighted by Gasteiger charge is 2.27. The SMILES string of the molecule is COC(=O)c1cc([N+](=O)[O-])c(N2CCN(Cc3ccc(Cl)nc3)CC2)cc1Cl. The molecule has 0 radical (unpaired) electrons. The van der Waals surface area contributed by atoms with Crippen LogP contribution in [-0.4, -0.2) is 54.1 Å². The average Bonchev–Trinajstić information content (AvgIpc) is 2.69. The Morgan fingerprint density at radius 3 is 2.54 bits per heavy atom. The molecule has 1 saturated heterocycles. The summed E-state index contributed by atoms with van der Waals surface area (Å²) in [6, 6.07) is 6.32. The van der Waals surface area contributed by atoms with E-state index in [0.29, 0.717) is 23.9 Å². The van der Waals surface area contributed by atoms with E-state index >= 15 is 0 Å². The van der Waals surface area contributed by atoms with Crippen molar-refractivity contribution in [1.29, 1.82) is 0 Å². The minimum absolute atomic E-state index is 0.0199. The Kier molecular flexibility index (Phi) is 6.33. The third-order valence-electron chi connectivity index (χ3n) is 4.57. The molecule has 0 unspecified atom stereocenters. The molecule has 8 nitrogen and oxygen atoms in total. The van der Waals surface area contributed by atoms with Gasteiger partial charge in [-0.1, -0.05) is 29.3 Å². The average molecular weight is 425 g/mol. The molecule has 28 heavy (non-hydrogen) atoms. The number of carbonyl (C=O) groups excluding carboxylic acids is 1. The van der Waals surface area contributed by atoms with Crippen LogP contribution in [0.25, 0.3) is 0 Å². The van der Waals surface area contributed by atoms with Gasteiger partial charge in [-0.25, -0.2) is 9.78 Å². The van der Waals surface area contributed by atoms with Crippen LogP contribution in [0.5, 0.6) is 0 Å². The number of halogens is 2. The molecule has 0 aliphatic carbocycles. The Labute approximate surface area is 171 Å². The highest BCUT2D eigenvalue weighted by Crippen LogP contribution is 2.35. The Bertz CT molecular complexity index is 884. The zero-order valence-electron chi connectivity index (χ0n) is 15.1. The van der Waals surface area contributed by atoms with Crippen molar-refractivity contribution in [3.05, 3.63) is 61.9 Å². The monoisotopic (exact) mass is 424 g/mol. The number of carbonyl (C=O) groups is 1. The molecule has 0 N–H and O–H groups in total. The number of nitro groups is 1. The topological polar surface area (TPSA) is 88.8 Å². The number of ether oxygens (including phenoxy) is 1. The largest absolute Gasteiger partial charge is 0.465 e. The molecule has 10 heteroatoms. The number of hydrogen-bond donors (Lipinski definition) is 0. The van der Waals surface area contributed by atoms with E-state index in [1.54, 1.807) is 12.3 Å². The number of rotatable bonds is 5. The zero-order valence-corrected chi connectivity index (χ0v) is 16.6. The minimum atomic E-state index is -0.707. The molecular weight excluding hydrogens is 407 g/mol. The lowest BCUT2D eigenvalue weighted by Crippen LogP contribution is -2.46. The van der Waals surface area contributed by atoms with Crippen LogP contribution in [-0.2, 0) is 11.3 Å². The molecule has 0 bridgehead atoms. The number of piperazine rings is 1. The van der Waals surface area contributed by atoms with Crippen molar-refractivity contribution in [3.63, 3.8) is 0 Å². The normalized spacial score (nSPS) is 14.8. The lowest BCUT2D eigenvalue weighted by atomic mass is 10.1. The fraction of sp³-hybridized carbons (Fsp3) is 0.333. The quantitative estimate of drug-likeness (QED) is 0.314. The maximum absolute atomic E-state index is 11.8. The zero-order chi connectivity index (χ0) is 20.3. The van der Waals surface area contributed by atoms with Gasteiger partial charge < -0.3 is 9.64 Å². The molecule has 2 heterocycles. The smallest absolute Gasteiger partial charge is 0.339 e. The number of aromatic nitrogens is 1. The van der Waals surface area contributed by atoms with E-state index in [-0.39, 0.29) is 16.3 Å². The molecule has 0 atom stereocenters. The number of benzene rings is 1. The first-order chi connectivity index (χ1) is 13.4. The third-order valence-corrected chi connectivity index (χ3v) is 5.11. The summed E-state index contributed by atoms with van der Waals surface area (Å²) in [5, 5.41) is 12.1. The minimum Gasteiger partial charge on any atom is -0.465 e. The molecular formula is C18H18Cl2N4O4. The van der Waals surface area contributed by atoms with Crippen LogP contribution in [0.4, 0.5) is 11.4 Å². The molecule has 3 rings (SSSR count). The van der Waals surface area contributed by atoms with Crippen molar-refractivity contribution in [2.24, 2.45) is 0 Å². The summed E-state index contributed by atoms with van der Waals surface area (Å²) in [4.78, 5) is 31.0. The fourth-order valence-electron chi connectivity index (χ4n) is 3.12. The molecule has 2 aromatic rings. The number of pyridine rings is 1. The van der Waals surface area contributed by atoms with Gasteiger partial charge in [0, 0.05) is 45.0 Å². The van der Waals surface area contributed by atoms with Crippen LogP contribution in [0.2, 0.25) is 10.2 Å². The Hall–Kier alpha value is -2.42. The van der Waals surface area contributed by atoms with E-state index in [1.165, 1.54) is 19.2 Å². The predicted molar refractivity (Wildman–Crippen MR) is 106 cm³/mol. The van der Waals surface area contributed by atoms with E-state index in [0.717, 1.165) is 25.2 Å². The van der Waals surface area contributed by atoms with Gasteiger partial charge in [-0.2, -0.15) is 0 Å². The van der Waals surface area contributed by atoms with Crippen LogP contribution >= 0.6 is 23.2 Å². The molecule has 0 spiro atoms. The summed E-state index contributed by atoms with van der Waals surface area (Å²) < 4.78 is 4.64. The van der Waals surface area contributed by atoms with Crippen molar-refractivity contribution < 1.29 is 14.5 Å². The number of anilines is 1. The number of esters is 1. The summed E-state index contributed by atoms with van der Waals surface area (Å²) in [5.74, 6) is -0.707. The number of nitrogens with zero attached hydrogens (tertiary/aromatic N) is 4. The van der Waals surface area contributed by atoms with Crippen molar-refractivity contribution in [2.45, 2.75) is 6.54 Å². The van der Waals surface area contributed by atoms with E-state index in [1.807, 2.05) is 11.0 Å². The summed E-state index contributed by atoms with van der Waals surface area (Å²) >= 11 is 12.0. The van der Waals surface area contributed by atoms with Crippen LogP contribution in [0.15, 0.2) is 30.5 Å². The Balaban J connectivity index is 1.74. The highest BCUT2D eigenvalue weighted by molar-refractivity contribution is 6.34. The standard InChI is InChI=1S/C18H18Cl2N4O4/c1-28-18(25)13-8-16(24(26)27)15(9-14(13)19)23-6-4-22(5-7-23)11-12-2-3-17(20)21-10-12/h2-3,8-10H,4-7,11H2,1H3. The highest BCUT2D eigenvalue weighted by atomic mass is 35.5. The Morgan fingerprint density at radius 1 is 1.25 bits per heavy atom. The maximum atomic E-state index is 11.8. The molecule has 0 amide bonds. The first-order valence-electron chi connectivity index (χ1n) is 8.53. The number of nitro benzene ring substituents is 1. The molecule has 148 valence electrons. The first kappa shape index (κ1) is 20.3. The number of methoxy groups -OCH3 is 1. The van der Waals surface area contributed by atoms with Gasteiger partial charge >= 0.3 is 5.97 Å².